The fourth-order valence-corrected chi connectivity index (χ4v) is 5.17. The number of amidine groups is 1. The molecule has 4 N–H and O–H groups in total. The molecule has 2 unspecified atom stereocenters. The van der Waals surface area contributed by atoms with Crippen LogP contribution < -0.4 is 25.6 Å². The minimum Gasteiger partial charge on any atom is -0.494 e. The Hall–Kier alpha value is -4.57. The maximum absolute atomic E-state index is 13.2. The van der Waals surface area contributed by atoms with Crippen molar-refractivity contribution in [1.29, 1.82) is 5.41 Å². The molecule has 5 rings (SSSR count). The predicted molar refractivity (Wildman–Crippen MR) is 158 cm³/mol. The zero-order valence-corrected chi connectivity index (χ0v) is 23.6. The number of hydrogen-bond donors (Lipinski definition) is 3. The summed E-state index contributed by atoms with van der Waals surface area (Å²) in [5.41, 5.74) is 8.41. The highest BCUT2D eigenvalue weighted by Gasteiger charge is 2.25. The SMILES string of the molecule is CCOc1cc(C(Cc2ccc(C(=N)N)cc2)c2nn(-c3ccccc3OC)c(=O)[nH]2)ccc1OC1CCN(C)C1. The van der Waals surface area contributed by atoms with Crippen molar-refractivity contribution in [3.63, 3.8) is 0 Å². The monoisotopic (exact) mass is 556 g/mol. The number of likely N-dealkylation sites (tertiary alicyclic amines) is 1. The number of ether oxygens (including phenoxy) is 3. The molecule has 1 saturated heterocycles. The molecule has 0 saturated carbocycles. The van der Waals surface area contributed by atoms with E-state index in [0.29, 0.717) is 47.4 Å². The topological polar surface area (TPSA) is 131 Å². The minimum absolute atomic E-state index is 0.0124. The molecule has 2 atom stereocenters. The third kappa shape index (κ3) is 6.28. The van der Waals surface area contributed by atoms with Crippen LogP contribution in [0.3, 0.4) is 0 Å². The molecule has 214 valence electrons. The van der Waals surface area contributed by atoms with Gasteiger partial charge in [-0.3, -0.25) is 10.4 Å². The van der Waals surface area contributed by atoms with Crippen molar-refractivity contribution in [3.05, 3.63) is 99.7 Å². The lowest BCUT2D eigenvalue weighted by Crippen LogP contribution is -2.21. The number of benzene rings is 3. The van der Waals surface area contributed by atoms with E-state index in [0.717, 1.165) is 30.6 Å². The summed E-state index contributed by atoms with van der Waals surface area (Å²) in [7, 11) is 3.65. The van der Waals surface area contributed by atoms with E-state index >= 15 is 0 Å². The molecule has 0 amide bonds. The number of nitrogens with zero attached hydrogens (tertiary/aromatic N) is 3. The Morgan fingerprint density at radius 2 is 1.90 bits per heavy atom. The number of aromatic amines is 1. The van der Waals surface area contributed by atoms with Gasteiger partial charge in [0.05, 0.1) is 13.7 Å². The normalized spacial score (nSPS) is 15.9. The van der Waals surface area contributed by atoms with Crippen molar-refractivity contribution < 1.29 is 14.2 Å². The number of likely N-dealkylation sites (N-methyl/N-ethyl adjacent to an activating group) is 1. The summed E-state index contributed by atoms with van der Waals surface area (Å²) in [5, 5.41) is 12.5. The summed E-state index contributed by atoms with van der Waals surface area (Å²) in [4.78, 5) is 18.4. The largest absolute Gasteiger partial charge is 0.494 e. The van der Waals surface area contributed by atoms with E-state index in [-0.39, 0.29) is 23.5 Å². The Morgan fingerprint density at radius 1 is 1.12 bits per heavy atom. The van der Waals surface area contributed by atoms with Gasteiger partial charge in [-0.1, -0.05) is 42.5 Å². The number of hydrogen-bond acceptors (Lipinski definition) is 7. The third-order valence-electron chi connectivity index (χ3n) is 7.30. The van der Waals surface area contributed by atoms with Crippen molar-refractivity contribution in [2.45, 2.75) is 31.8 Å². The number of aromatic nitrogens is 3. The molecule has 0 aliphatic carbocycles. The van der Waals surface area contributed by atoms with Crippen molar-refractivity contribution >= 4 is 5.84 Å². The van der Waals surface area contributed by atoms with Gasteiger partial charge in [0.2, 0.25) is 0 Å². The highest BCUT2D eigenvalue weighted by Crippen LogP contribution is 2.36. The zero-order valence-electron chi connectivity index (χ0n) is 23.6. The van der Waals surface area contributed by atoms with Crippen molar-refractivity contribution in [2.75, 3.05) is 33.9 Å². The van der Waals surface area contributed by atoms with Gasteiger partial charge < -0.3 is 24.8 Å². The van der Waals surface area contributed by atoms with E-state index in [1.807, 2.05) is 61.5 Å². The quantitative estimate of drug-likeness (QED) is 0.190. The standard InChI is InChI=1S/C31H36N6O4/c1-4-40-28-18-22(13-14-27(28)41-23-15-16-36(2)19-23)24(17-20-9-11-21(12-10-20)29(32)33)30-34-31(38)37(35-30)25-7-5-6-8-26(25)39-3/h5-14,18,23-24H,4,15-17,19H2,1-3H3,(H3,32,33)(H,34,35,38). The van der Waals surface area contributed by atoms with Crippen LogP contribution in [0.25, 0.3) is 5.69 Å². The second-order valence-corrected chi connectivity index (χ2v) is 10.2. The van der Waals surface area contributed by atoms with E-state index in [1.165, 1.54) is 4.68 Å². The van der Waals surface area contributed by atoms with Crippen molar-refractivity contribution in [2.24, 2.45) is 5.73 Å². The van der Waals surface area contributed by atoms with Gasteiger partial charge in [-0.05, 0) is 62.2 Å². The van der Waals surface area contributed by atoms with Gasteiger partial charge in [-0.2, -0.15) is 4.68 Å². The first-order valence-corrected chi connectivity index (χ1v) is 13.7. The molecular weight excluding hydrogens is 520 g/mol. The minimum atomic E-state index is -0.364. The van der Waals surface area contributed by atoms with Crippen molar-refractivity contribution in [1.82, 2.24) is 19.7 Å². The number of para-hydroxylation sites is 2. The summed E-state index contributed by atoms with van der Waals surface area (Å²) < 4.78 is 19.2. The second kappa shape index (κ2) is 12.3. The molecule has 1 aromatic heterocycles. The molecule has 1 aliphatic heterocycles. The summed E-state index contributed by atoms with van der Waals surface area (Å²) >= 11 is 0. The molecular formula is C31H36N6O4. The average Bonchev–Trinajstić information content (AvgIpc) is 3.57. The molecule has 0 radical (unpaired) electrons. The van der Waals surface area contributed by atoms with Crippen LogP contribution in [0.15, 0.2) is 71.5 Å². The Balaban J connectivity index is 1.55. The molecule has 0 bridgehead atoms. The molecule has 3 aromatic carbocycles. The zero-order chi connectivity index (χ0) is 28.9. The molecule has 1 fully saturated rings. The van der Waals surface area contributed by atoms with Crippen LogP contribution in [0.4, 0.5) is 0 Å². The first-order chi connectivity index (χ1) is 19.9. The maximum atomic E-state index is 13.2. The predicted octanol–water partition coefficient (Wildman–Crippen LogP) is 3.71. The van der Waals surface area contributed by atoms with Gasteiger partial charge in [-0.15, -0.1) is 5.10 Å². The Morgan fingerprint density at radius 3 is 2.59 bits per heavy atom. The number of H-pyrrole nitrogens is 1. The summed E-state index contributed by atoms with van der Waals surface area (Å²) in [5.74, 6) is 2.11. The molecule has 0 spiro atoms. The van der Waals surface area contributed by atoms with Gasteiger partial charge in [0, 0.05) is 24.6 Å². The number of nitrogens with one attached hydrogen (secondary N) is 2. The fourth-order valence-electron chi connectivity index (χ4n) is 5.17. The van der Waals surface area contributed by atoms with E-state index in [9.17, 15) is 4.79 Å². The van der Waals surface area contributed by atoms with Crippen LogP contribution in [0, 0.1) is 5.41 Å². The van der Waals surface area contributed by atoms with Crippen LogP contribution in [0.2, 0.25) is 0 Å². The highest BCUT2D eigenvalue weighted by molar-refractivity contribution is 5.94. The summed E-state index contributed by atoms with van der Waals surface area (Å²) in [6, 6.07) is 20.7. The Bertz CT molecular complexity index is 1560. The number of nitrogens with two attached hydrogens (primary N) is 1. The lowest BCUT2D eigenvalue weighted by atomic mass is 9.90. The van der Waals surface area contributed by atoms with Gasteiger partial charge in [-0.25, -0.2) is 4.79 Å². The molecule has 10 heteroatoms. The van der Waals surface area contributed by atoms with Gasteiger partial charge in [0.1, 0.15) is 29.2 Å². The van der Waals surface area contributed by atoms with Crippen molar-refractivity contribution in [3.8, 4) is 22.9 Å². The van der Waals surface area contributed by atoms with E-state index in [1.54, 1.807) is 19.2 Å². The Labute approximate surface area is 239 Å². The maximum Gasteiger partial charge on any atom is 0.348 e. The summed E-state index contributed by atoms with van der Waals surface area (Å²) in [6.45, 7) is 4.30. The van der Waals surface area contributed by atoms with Gasteiger partial charge >= 0.3 is 5.69 Å². The number of nitrogen functional groups attached to an aromatic ring is 1. The van der Waals surface area contributed by atoms with Crippen LogP contribution >= 0.6 is 0 Å². The molecule has 10 nitrogen and oxygen atoms in total. The number of methoxy groups -OCH3 is 1. The Kier molecular flexibility index (Phi) is 8.39. The summed E-state index contributed by atoms with van der Waals surface area (Å²) in [6.07, 6.45) is 1.61. The van der Waals surface area contributed by atoms with Crippen LogP contribution in [0.5, 0.6) is 17.2 Å². The lowest BCUT2D eigenvalue weighted by Gasteiger charge is -2.20. The second-order valence-electron chi connectivity index (χ2n) is 10.2. The lowest BCUT2D eigenvalue weighted by molar-refractivity contribution is 0.195. The van der Waals surface area contributed by atoms with Gasteiger partial charge in [0.25, 0.3) is 0 Å². The highest BCUT2D eigenvalue weighted by atomic mass is 16.5. The number of rotatable bonds is 11. The van der Waals surface area contributed by atoms with Crippen LogP contribution in [0.1, 0.15) is 41.8 Å². The molecule has 2 heterocycles. The van der Waals surface area contributed by atoms with E-state index in [2.05, 4.69) is 16.9 Å². The average molecular weight is 557 g/mol. The smallest absolute Gasteiger partial charge is 0.348 e. The fraction of sp³-hybridized carbons (Fsp3) is 0.323. The third-order valence-corrected chi connectivity index (χ3v) is 7.30. The first kappa shape index (κ1) is 28.0. The first-order valence-electron chi connectivity index (χ1n) is 13.7. The molecule has 41 heavy (non-hydrogen) atoms. The van der Waals surface area contributed by atoms with E-state index < -0.39 is 0 Å². The molecule has 4 aromatic rings. The van der Waals surface area contributed by atoms with Crippen LogP contribution in [-0.4, -0.2) is 65.5 Å². The molecule has 1 aliphatic rings. The van der Waals surface area contributed by atoms with Crippen LogP contribution in [-0.2, 0) is 6.42 Å². The van der Waals surface area contributed by atoms with Gasteiger partial charge in [0.15, 0.2) is 11.5 Å². The van der Waals surface area contributed by atoms with E-state index in [4.69, 9.17) is 30.5 Å².